The first-order valence-corrected chi connectivity index (χ1v) is 16.3. The van der Waals surface area contributed by atoms with Crippen LogP contribution in [-0.2, 0) is 37.3 Å². The summed E-state index contributed by atoms with van der Waals surface area (Å²) in [7, 11) is -3.47. The molecule has 0 amide bonds. The molecule has 2 aromatic carbocycles. The standard InChI is InChI=1S/C31H46N2O8S/c1-25(35)41-31-13-12-27(22-28(31)24-34)30(36)23-32-14-5-2-3-6-17-39-18-7-4-9-26-10-8-11-29(21-26)42(37,38)33-15-19-40-20-16-33/h8,10-13,21-22,30,32,34,36H,2-7,9,14-20,23-24H2,1H3. The number of benzene rings is 2. The molecule has 42 heavy (non-hydrogen) atoms. The summed E-state index contributed by atoms with van der Waals surface area (Å²) < 4.78 is 43.3. The van der Waals surface area contributed by atoms with Crippen molar-refractivity contribution >= 4 is 16.0 Å². The zero-order valence-corrected chi connectivity index (χ0v) is 25.4. The van der Waals surface area contributed by atoms with Crippen LogP contribution in [0, 0.1) is 0 Å². The Hall–Kier alpha value is -2.38. The first-order chi connectivity index (χ1) is 20.3. The molecular weight excluding hydrogens is 560 g/mol. The van der Waals surface area contributed by atoms with Gasteiger partial charge in [0, 0.05) is 45.3 Å². The van der Waals surface area contributed by atoms with E-state index in [4.69, 9.17) is 14.2 Å². The fourth-order valence-electron chi connectivity index (χ4n) is 4.78. The van der Waals surface area contributed by atoms with E-state index in [9.17, 15) is 23.4 Å². The molecule has 234 valence electrons. The van der Waals surface area contributed by atoms with Gasteiger partial charge in [-0.05, 0) is 74.0 Å². The van der Waals surface area contributed by atoms with Gasteiger partial charge in [-0.15, -0.1) is 0 Å². The van der Waals surface area contributed by atoms with E-state index in [1.807, 2.05) is 12.1 Å². The maximum Gasteiger partial charge on any atom is 0.308 e. The van der Waals surface area contributed by atoms with Crippen LogP contribution in [0.4, 0.5) is 0 Å². The number of nitrogens with zero attached hydrogens (tertiary/aromatic N) is 1. The number of aliphatic hydroxyl groups is 2. The summed E-state index contributed by atoms with van der Waals surface area (Å²) in [6, 6.07) is 12.2. The maximum atomic E-state index is 12.9. The van der Waals surface area contributed by atoms with Gasteiger partial charge in [-0.25, -0.2) is 8.42 Å². The molecule has 10 nitrogen and oxygen atoms in total. The minimum Gasteiger partial charge on any atom is -0.426 e. The summed E-state index contributed by atoms with van der Waals surface area (Å²) in [5.74, 6) is -0.153. The van der Waals surface area contributed by atoms with E-state index < -0.39 is 22.1 Å². The Morgan fingerprint density at radius 3 is 2.50 bits per heavy atom. The molecule has 0 spiro atoms. The molecule has 1 saturated heterocycles. The van der Waals surface area contributed by atoms with Crippen LogP contribution in [0.2, 0.25) is 0 Å². The van der Waals surface area contributed by atoms with Crippen molar-refractivity contribution in [2.75, 3.05) is 52.6 Å². The molecule has 0 saturated carbocycles. The Balaban J connectivity index is 1.19. The van der Waals surface area contributed by atoms with Crippen molar-refractivity contribution in [3.05, 3.63) is 59.2 Å². The fraction of sp³-hybridized carbons (Fsp3) is 0.581. The number of aliphatic hydroxyl groups excluding tert-OH is 2. The normalized spacial score (nSPS) is 15.0. The number of carbonyl (C=O) groups excluding carboxylic acids is 1. The van der Waals surface area contributed by atoms with Crippen LogP contribution in [0.1, 0.15) is 68.2 Å². The molecule has 3 rings (SSSR count). The second-order valence-corrected chi connectivity index (χ2v) is 12.4. The largest absolute Gasteiger partial charge is 0.426 e. The van der Waals surface area contributed by atoms with Gasteiger partial charge < -0.3 is 29.7 Å². The number of hydrogen-bond donors (Lipinski definition) is 3. The maximum absolute atomic E-state index is 12.9. The SMILES string of the molecule is CC(=O)Oc1ccc(C(O)CNCCCCCCOCCCCc2cccc(S(=O)(=O)N3CCOCC3)c2)cc1CO. The molecule has 3 N–H and O–H groups in total. The topological polar surface area (TPSA) is 135 Å². The van der Waals surface area contributed by atoms with Crippen molar-refractivity contribution in [1.82, 2.24) is 9.62 Å². The summed E-state index contributed by atoms with van der Waals surface area (Å²) in [6.07, 6.45) is 6.12. The number of ether oxygens (including phenoxy) is 3. The predicted octanol–water partition coefficient (Wildman–Crippen LogP) is 3.35. The van der Waals surface area contributed by atoms with Gasteiger partial charge in [0.1, 0.15) is 5.75 Å². The van der Waals surface area contributed by atoms with Crippen molar-refractivity contribution in [1.29, 1.82) is 0 Å². The van der Waals surface area contributed by atoms with Gasteiger partial charge in [0.05, 0.1) is 30.8 Å². The van der Waals surface area contributed by atoms with E-state index in [0.29, 0.717) is 61.2 Å². The highest BCUT2D eigenvalue weighted by Crippen LogP contribution is 2.24. The minimum absolute atomic E-state index is 0.279. The number of unbranched alkanes of at least 4 members (excludes halogenated alkanes) is 4. The van der Waals surface area contributed by atoms with Crippen LogP contribution in [0.15, 0.2) is 47.4 Å². The van der Waals surface area contributed by atoms with Gasteiger partial charge in [0.2, 0.25) is 10.0 Å². The van der Waals surface area contributed by atoms with Crippen molar-refractivity contribution in [2.45, 2.75) is 69.5 Å². The minimum atomic E-state index is -3.47. The molecule has 1 aliphatic rings. The van der Waals surface area contributed by atoms with Gasteiger partial charge in [-0.2, -0.15) is 4.31 Å². The number of rotatable bonds is 19. The lowest BCUT2D eigenvalue weighted by atomic mass is 10.1. The van der Waals surface area contributed by atoms with Crippen molar-refractivity contribution in [3.8, 4) is 5.75 Å². The molecule has 1 unspecified atom stereocenters. The lowest BCUT2D eigenvalue weighted by Gasteiger charge is -2.26. The van der Waals surface area contributed by atoms with Crippen molar-refractivity contribution < 1.29 is 37.6 Å². The van der Waals surface area contributed by atoms with Gasteiger partial charge in [-0.3, -0.25) is 4.79 Å². The monoisotopic (exact) mass is 606 g/mol. The number of nitrogens with one attached hydrogen (secondary N) is 1. The summed E-state index contributed by atoms with van der Waals surface area (Å²) in [5.41, 5.74) is 2.15. The van der Waals surface area contributed by atoms with E-state index in [-0.39, 0.29) is 6.61 Å². The van der Waals surface area contributed by atoms with Gasteiger partial charge in [-0.1, -0.05) is 31.0 Å². The highest BCUT2D eigenvalue weighted by atomic mass is 32.2. The van der Waals surface area contributed by atoms with Gasteiger partial charge >= 0.3 is 5.97 Å². The predicted molar refractivity (Wildman–Crippen MR) is 160 cm³/mol. The highest BCUT2D eigenvalue weighted by molar-refractivity contribution is 7.89. The number of morpholine rings is 1. The first-order valence-electron chi connectivity index (χ1n) is 14.9. The number of carbonyl (C=O) groups is 1. The summed E-state index contributed by atoms with van der Waals surface area (Å²) >= 11 is 0. The number of esters is 1. The van der Waals surface area contributed by atoms with Crippen LogP contribution in [0.25, 0.3) is 0 Å². The summed E-state index contributed by atoms with van der Waals surface area (Å²) in [4.78, 5) is 11.5. The molecule has 0 bridgehead atoms. The molecule has 1 atom stereocenters. The van der Waals surface area contributed by atoms with Crippen molar-refractivity contribution in [2.24, 2.45) is 0 Å². The van der Waals surface area contributed by atoms with E-state index in [0.717, 1.165) is 63.7 Å². The van der Waals surface area contributed by atoms with E-state index in [1.54, 1.807) is 30.3 Å². The Morgan fingerprint density at radius 1 is 1.02 bits per heavy atom. The Labute approximate surface area is 250 Å². The van der Waals surface area contributed by atoms with Crippen LogP contribution in [-0.4, -0.2) is 81.5 Å². The summed E-state index contributed by atoms with van der Waals surface area (Å²) in [5, 5.41) is 23.2. The Kier molecular flexibility index (Phi) is 14.9. The average Bonchev–Trinajstić information content (AvgIpc) is 2.99. The Morgan fingerprint density at radius 2 is 1.76 bits per heavy atom. The van der Waals surface area contributed by atoms with E-state index in [1.165, 1.54) is 11.2 Å². The first kappa shape index (κ1) is 34.1. The molecule has 1 fully saturated rings. The van der Waals surface area contributed by atoms with Crippen LogP contribution in [0.3, 0.4) is 0 Å². The van der Waals surface area contributed by atoms with Crippen LogP contribution in [0.5, 0.6) is 5.75 Å². The number of aryl methyl sites for hydroxylation is 1. The molecule has 1 heterocycles. The third kappa shape index (κ3) is 11.4. The lowest BCUT2D eigenvalue weighted by molar-refractivity contribution is -0.131. The second-order valence-electron chi connectivity index (χ2n) is 10.5. The third-order valence-corrected chi connectivity index (χ3v) is 9.03. The number of sulfonamides is 1. The van der Waals surface area contributed by atoms with Gasteiger partial charge in [0.25, 0.3) is 0 Å². The molecule has 2 aromatic rings. The average molecular weight is 607 g/mol. The third-order valence-electron chi connectivity index (χ3n) is 7.13. The molecule has 11 heteroatoms. The zero-order valence-electron chi connectivity index (χ0n) is 24.6. The molecule has 0 aliphatic carbocycles. The number of hydrogen-bond acceptors (Lipinski definition) is 9. The smallest absolute Gasteiger partial charge is 0.308 e. The molecular formula is C31H46N2O8S. The zero-order chi connectivity index (χ0) is 30.2. The quantitative estimate of drug-likeness (QED) is 0.125. The van der Waals surface area contributed by atoms with Gasteiger partial charge in [0.15, 0.2) is 0 Å². The van der Waals surface area contributed by atoms with Crippen LogP contribution >= 0.6 is 0 Å². The van der Waals surface area contributed by atoms with Crippen molar-refractivity contribution in [3.63, 3.8) is 0 Å². The van der Waals surface area contributed by atoms with E-state index >= 15 is 0 Å². The second kappa shape index (κ2) is 18.3. The lowest BCUT2D eigenvalue weighted by Crippen LogP contribution is -2.40. The fourth-order valence-corrected chi connectivity index (χ4v) is 6.26. The summed E-state index contributed by atoms with van der Waals surface area (Å²) in [6.45, 7) is 5.32. The molecule has 1 aliphatic heterocycles. The highest BCUT2D eigenvalue weighted by Gasteiger charge is 2.26. The Bertz CT molecular complexity index is 1200. The molecule has 0 aromatic heterocycles. The molecule has 0 radical (unpaired) electrons. The van der Waals surface area contributed by atoms with E-state index in [2.05, 4.69) is 5.32 Å². The van der Waals surface area contributed by atoms with Crippen LogP contribution < -0.4 is 10.1 Å².